The Labute approximate surface area is 218 Å². The van der Waals surface area contributed by atoms with Crippen LogP contribution in [-0.4, -0.2) is 60.6 Å². The maximum Gasteiger partial charge on any atom is 0.281 e. The van der Waals surface area contributed by atoms with Gasteiger partial charge in [0.2, 0.25) is 5.91 Å². The van der Waals surface area contributed by atoms with E-state index in [-0.39, 0.29) is 40.9 Å². The van der Waals surface area contributed by atoms with Crippen molar-refractivity contribution in [3.8, 4) is 0 Å². The van der Waals surface area contributed by atoms with E-state index in [1.54, 1.807) is 16.2 Å². The summed E-state index contributed by atoms with van der Waals surface area (Å²) in [6, 6.07) is 10.0. The Morgan fingerprint density at radius 1 is 1.31 bits per heavy atom. The van der Waals surface area contributed by atoms with Crippen LogP contribution in [0, 0.1) is 23.2 Å². The molecule has 0 bridgehead atoms. The third-order valence-corrected chi connectivity index (χ3v) is 9.34. The average Bonchev–Trinajstić information content (AvgIpc) is 3.20. The molecule has 1 aromatic heterocycles. The van der Waals surface area contributed by atoms with Crippen LogP contribution in [0.3, 0.4) is 0 Å². The zero-order chi connectivity index (χ0) is 26.2. The van der Waals surface area contributed by atoms with Gasteiger partial charge in [0.15, 0.2) is 11.7 Å². The Hall–Kier alpha value is -2.29. The molecule has 0 spiro atoms. The monoisotopic (exact) mass is 513 g/mol. The fourth-order valence-electron chi connectivity index (χ4n) is 6.55. The summed E-state index contributed by atoms with van der Waals surface area (Å²) in [5.41, 5.74) is 2.04. The Morgan fingerprint density at radius 3 is 2.67 bits per heavy atom. The van der Waals surface area contributed by atoms with Crippen LogP contribution in [0.5, 0.6) is 0 Å². The second kappa shape index (κ2) is 10.6. The molecule has 7 nitrogen and oxygen atoms in total. The summed E-state index contributed by atoms with van der Waals surface area (Å²) in [4.78, 5) is 34.5. The van der Waals surface area contributed by atoms with E-state index in [0.29, 0.717) is 18.2 Å². The van der Waals surface area contributed by atoms with Gasteiger partial charge in [-0.05, 0) is 42.1 Å². The molecule has 196 valence electrons. The summed E-state index contributed by atoms with van der Waals surface area (Å²) >= 11 is 1.57. The van der Waals surface area contributed by atoms with E-state index >= 15 is 0 Å². The predicted octanol–water partition coefficient (Wildman–Crippen LogP) is 2.57. The van der Waals surface area contributed by atoms with Crippen LogP contribution in [0.2, 0.25) is 0 Å². The van der Waals surface area contributed by atoms with Gasteiger partial charge in [-0.2, -0.15) is 0 Å². The maximum atomic E-state index is 13.4. The lowest BCUT2D eigenvalue weighted by Gasteiger charge is -2.53. The standard InChI is InChI=1S/C28H40N4O3S/c1-17(26(35)32(6)15-19-10-8-7-9-11-19)20-12-13-28(3)14-21-24(18(2)23(28)25(20)34)30-27(36-21)29-22(33)16-31(4)5/h7-11,17-18,20,23,25,34H,12-16H2,1-6H3,(H,29,30,33)/p+1/t17-,18-,20+,23+,25-,28+/m0/s1. The van der Waals surface area contributed by atoms with Gasteiger partial charge >= 0.3 is 0 Å². The first-order valence-corrected chi connectivity index (χ1v) is 13.9. The van der Waals surface area contributed by atoms with E-state index in [1.165, 1.54) is 4.88 Å². The topological polar surface area (TPSA) is 87.0 Å². The van der Waals surface area contributed by atoms with E-state index in [1.807, 2.05) is 58.4 Å². The average molecular weight is 514 g/mol. The predicted molar refractivity (Wildman–Crippen MR) is 143 cm³/mol. The molecule has 2 aliphatic carbocycles. The molecule has 2 aliphatic rings. The molecule has 1 aromatic carbocycles. The van der Waals surface area contributed by atoms with Crippen LogP contribution in [0.15, 0.2) is 30.3 Å². The highest BCUT2D eigenvalue weighted by Crippen LogP contribution is 2.57. The third kappa shape index (κ3) is 5.36. The number of fused-ring (bicyclic) bond motifs is 2. The zero-order valence-electron chi connectivity index (χ0n) is 22.4. The van der Waals surface area contributed by atoms with E-state index in [0.717, 1.165) is 35.4 Å². The number of aromatic nitrogens is 1. The second-order valence-corrected chi connectivity index (χ2v) is 12.7. The molecular weight excluding hydrogens is 472 g/mol. The zero-order valence-corrected chi connectivity index (χ0v) is 23.2. The minimum atomic E-state index is -0.576. The number of amides is 2. The SMILES string of the molecule is C[C@H](C(=O)N(C)Cc1ccccc1)[C@H]1CC[C@]2(C)Cc3sc(NC(=O)C[NH+](C)C)nc3[C@@H](C)[C@@H]2[C@H]1O. The van der Waals surface area contributed by atoms with Gasteiger partial charge in [0.25, 0.3) is 5.91 Å². The molecule has 1 fully saturated rings. The van der Waals surface area contributed by atoms with Crippen LogP contribution >= 0.6 is 11.3 Å². The molecule has 8 heteroatoms. The number of anilines is 1. The van der Waals surface area contributed by atoms with Crippen molar-refractivity contribution >= 4 is 28.3 Å². The van der Waals surface area contributed by atoms with Gasteiger partial charge in [0.05, 0.1) is 25.9 Å². The summed E-state index contributed by atoms with van der Waals surface area (Å²) < 4.78 is 0. The highest BCUT2D eigenvalue weighted by molar-refractivity contribution is 7.15. The van der Waals surface area contributed by atoms with Gasteiger partial charge in [-0.3, -0.25) is 14.9 Å². The van der Waals surface area contributed by atoms with Crippen LogP contribution in [0.25, 0.3) is 0 Å². The van der Waals surface area contributed by atoms with Crippen molar-refractivity contribution in [3.63, 3.8) is 0 Å². The molecule has 2 amide bonds. The van der Waals surface area contributed by atoms with Crippen molar-refractivity contribution in [2.45, 2.75) is 58.6 Å². The summed E-state index contributed by atoms with van der Waals surface area (Å²) in [5.74, 6) is -0.219. The minimum Gasteiger partial charge on any atom is -0.392 e. The second-order valence-electron chi connectivity index (χ2n) is 11.6. The van der Waals surface area contributed by atoms with E-state index in [4.69, 9.17) is 4.98 Å². The number of rotatable bonds is 7. The number of hydrogen-bond donors (Lipinski definition) is 3. The number of quaternary nitrogens is 1. The molecule has 1 saturated carbocycles. The first kappa shape index (κ1) is 26.8. The van der Waals surface area contributed by atoms with Crippen molar-refractivity contribution < 1.29 is 19.6 Å². The quantitative estimate of drug-likeness (QED) is 0.531. The third-order valence-electron chi connectivity index (χ3n) is 8.35. The van der Waals surface area contributed by atoms with Gasteiger partial charge in [0.1, 0.15) is 0 Å². The number of hydrogen-bond acceptors (Lipinski definition) is 5. The molecule has 2 aromatic rings. The molecule has 0 radical (unpaired) electrons. The molecule has 36 heavy (non-hydrogen) atoms. The number of carbonyl (C=O) groups is 2. The van der Waals surface area contributed by atoms with Crippen LogP contribution in [0.1, 0.15) is 55.7 Å². The van der Waals surface area contributed by atoms with Crippen molar-refractivity contribution in [1.82, 2.24) is 9.88 Å². The van der Waals surface area contributed by atoms with Crippen LogP contribution < -0.4 is 10.2 Å². The molecule has 6 atom stereocenters. The number of carbonyl (C=O) groups excluding carboxylic acids is 2. The number of nitrogens with one attached hydrogen (secondary N) is 2. The van der Waals surface area contributed by atoms with Gasteiger partial charge in [0, 0.05) is 30.3 Å². The number of benzene rings is 1. The normalized spacial score (nSPS) is 28.2. The largest absolute Gasteiger partial charge is 0.392 e. The Kier molecular flexibility index (Phi) is 7.88. The van der Waals surface area contributed by atoms with Crippen molar-refractivity contribution in [2.75, 3.05) is 33.0 Å². The van der Waals surface area contributed by atoms with Gasteiger partial charge in [-0.1, -0.05) is 51.1 Å². The van der Waals surface area contributed by atoms with E-state index < -0.39 is 6.10 Å². The summed E-state index contributed by atoms with van der Waals surface area (Å²) in [5, 5.41) is 15.3. The highest BCUT2D eigenvalue weighted by Gasteiger charge is 2.54. The van der Waals surface area contributed by atoms with Crippen molar-refractivity contribution in [1.29, 1.82) is 0 Å². The lowest BCUT2D eigenvalue weighted by molar-refractivity contribution is -0.849. The van der Waals surface area contributed by atoms with E-state index in [2.05, 4.69) is 19.2 Å². The molecule has 0 aliphatic heterocycles. The Bertz CT molecular complexity index is 1090. The molecule has 4 rings (SSSR count). The van der Waals surface area contributed by atoms with Crippen LogP contribution in [0.4, 0.5) is 5.13 Å². The van der Waals surface area contributed by atoms with Gasteiger partial charge in [-0.15, -0.1) is 11.3 Å². The number of aliphatic hydroxyl groups is 1. The molecule has 3 N–H and O–H groups in total. The first-order valence-electron chi connectivity index (χ1n) is 13.1. The molecule has 0 saturated heterocycles. The number of nitrogens with zero attached hydrogens (tertiary/aromatic N) is 2. The first-order chi connectivity index (χ1) is 17.0. The summed E-state index contributed by atoms with van der Waals surface area (Å²) in [7, 11) is 5.75. The van der Waals surface area contributed by atoms with E-state index in [9.17, 15) is 14.7 Å². The fourth-order valence-corrected chi connectivity index (χ4v) is 7.83. The van der Waals surface area contributed by atoms with Crippen molar-refractivity contribution in [3.05, 3.63) is 46.5 Å². The number of likely N-dealkylation sites (N-methyl/N-ethyl adjacent to an activating group) is 1. The molecule has 1 heterocycles. The fraction of sp³-hybridized carbons (Fsp3) is 0.607. The number of aliphatic hydroxyl groups excluding tert-OH is 1. The maximum absolute atomic E-state index is 13.4. The summed E-state index contributed by atoms with van der Waals surface area (Å²) in [6.07, 6.45) is 2.07. The van der Waals surface area contributed by atoms with Gasteiger partial charge < -0.3 is 14.9 Å². The Balaban J connectivity index is 1.49. The number of thiazole rings is 1. The summed E-state index contributed by atoms with van der Waals surface area (Å²) in [6.45, 7) is 7.36. The minimum absolute atomic E-state index is 0.0234. The molecular formula is C28H41N4O3S+. The van der Waals surface area contributed by atoms with Gasteiger partial charge in [-0.25, -0.2) is 4.98 Å². The van der Waals surface area contributed by atoms with Crippen molar-refractivity contribution in [2.24, 2.45) is 23.2 Å². The Morgan fingerprint density at radius 2 is 2.00 bits per heavy atom. The van der Waals surface area contributed by atoms with Crippen LogP contribution in [-0.2, 0) is 22.6 Å². The lowest BCUT2D eigenvalue weighted by Crippen LogP contribution is -3.06. The highest BCUT2D eigenvalue weighted by atomic mass is 32.1. The molecule has 0 unspecified atom stereocenters. The smallest absolute Gasteiger partial charge is 0.281 e. The lowest BCUT2D eigenvalue weighted by atomic mass is 9.53.